The third kappa shape index (κ3) is 4.68. The van der Waals surface area contributed by atoms with E-state index in [1.54, 1.807) is 17.4 Å². The van der Waals surface area contributed by atoms with E-state index in [0.717, 1.165) is 5.56 Å². The maximum Gasteiger partial charge on any atom is 0.410 e. The Kier molecular flexibility index (Phi) is 4.95. The van der Waals surface area contributed by atoms with E-state index in [4.69, 9.17) is 14.9 Å². The summed E-state index contributed by atoms with van der Waals surface area (Å²) in [7, 11) is 0. The number of piperazine rings is 1. The topological polar surface area (TPSA) is 84.3 Å². The van der Waals surface area contributed by atoms with Crippen molar-refractivity contribution in [3.05, 3.63) is 24.2 Å². The van der Waals surface area contributed by atoms with E-state index < -0.39 is 5.60 Å². The van der Waals surface area contributed by atoms with Crippen LogP contribution in [0.15, 0.2) is 28.0 Å². The van der Waals surface area contributed by atoms with Gasteiger partial charge in [0.2, 0.25) is 0 Å². The molecule has 0 spiro atoms. The normalized spacial score (nSPS) is 16.8. The lowest BCUT2D eigenvalue weighted by molar-refractivity contribution is 0.0186. The van der Waals surface area contributed by atoms with E-state index in [1.165, 1.54) is 0 Å². The summed E-state index contributed by atoms with van der Waals surface area (Å²) >= 11 is 0. The molecule has 122 valence electrons. The summed E-state index contributed by atoms with van der Waals surface area (Å²) in [5, 5.41) is 0. The molecule has 0 atom stereocenters. The van der Waals surface area contributed by atoms with Crippen molar-refractivity contribution in [3.63, 3.8) is 0 Å². The lowest BCUT2D eigenvalue weighted by Crippen LogP contribution is -2.53. The van der Waals surface area contributed by atoms with Gasteiger partial charge in [-0.1, -0.05) is 0 Å². The van der Waals surface area contributed by atoms with Crippen molar-refractivity contribution in [3.8, 4) is 0 Å². The molecule has 7 nitrogen and oxygen atoms in total. The van der Waals surface area contributed by atoms with Crippen LogP contribution in [0.4, 0.5) is 4.79 Å². The van der Waals surface area contributed by atoms with Gasteiger partial charge in [0.25, 0.3) is 0 Å². The molecule has 2 rings (SSSR count). The summed E-state index contributed by atoms with van der Waals surface area (Å²) < 4.78 is 10.4. The van der Waals surface area contributed by atoms with Gasteiger partial charge in [-0.3, -0.25) is 0 Å². The molecule has 1 fully saturated rings. The summed E-state index contributed by atoms with van der Waals surface area (Å²) in [4.78, 5) is 20.0. The summed E-state index contributed by atoms with van der Waals surface area (Å²) in [6.07, 6.45) is 2.98. The van der Waals surface area contributed by atoms with E-state index in [1.807, 2.05) is 31.7 Å². The quantitative estimate of drug-likeness (QED) is 0.663. The Morgan fingerprint density at radius 1 is 1.32 bits per heavy atom. The van der Waals surface area contributed by atoms with Crippen LogP contribution < -0.4 is 5.73 Å². The highest BCUT2D eigenvalue weighted by Gasteiger charge is 2.26. The molecule has 1 aromatic rings. The number of hydrogen-bond donors (Lipinski definition) is 1. The molecule has 2 N–H and O–H groups in total. The smallest absolute Gasteiger partial charge is 0.410 e. The molecule has 0 bridgehead atoms. The van der Waals surface area contributed by atoms with Crippen molar-refractivity contribution in [1.29, 1.82) is 0 Å². The number of furan rings is 1. The minimum absolute atomic E-state index is 0.277. The molecular formula is C15H24N4O3. The molecule has 7 heteroatoms. The Morgan fingerprint density at radius 2 is 1.95 bits per heavy atom. The second-order valence-corrected chi connectivity index (χ2v) is 6.26. The Bertz CT molecular complexity index is 511. The lowest BCUT2D eigenvalue weighted by atomic mass is 10.2. The molecule has 1 aromatic heterocycles. The molecule has 2 heterocycles. The predicted molar refractivity (Wildman–Crippen MR) is 83.4 cm³/mol. The molecule has 1 saturated heterocycles. The first-order valence-corrected chi connectivity index (χ1v) is 7.39. The number of carbonyl (C=O) groups excluding carboxylic acids is 1. The molecule has 0 radical (unpaired) electrons. The Labute approximate surface area is 130 Å². The van der Waals surface area contributed by atoms with Crippen molar-refractivity contribution >= 4 is 12.1 Å². The zero-order valence-corrected chi connectivity index (χ0v) is 13.4. The zero-order chi connectivity index (χ0) is 16.2. The second-order valence-electron chi connectivity index (χ2n) is 6.26. The number of guanidine groups is 1. The Hall–Kier alpha value is -2.18. The maximum absolute atomic E-state index is 12.0. The third-order valence-electron chi connectivity index (χ3n) is 3.26. The van der Waals surface area contributed by atoms with Gasteiger partial charge in [-0.05, 0) is 26.8 Å². The number of aliphatic imine (C=N–C) groups is 1. The highest BCUT2D eigenvalue weighted by molar-refractivity contribution is 5.78. The number of ether oxygens (including phenoxy) is 1. The van der Waals surface area contributed by atoms with Crippen molar-refractivity contribution in [2.24, 2.45) is 10.7 Å². The molecule has 1 aliphatic heterocycles. The summed E-state index contributed by atoms with van der Waals surface area (Å²) in [5.74, 6) is 0.491. The fraction of sp³-hybridized carbons (Fsp3) is 0.600. The number of carbonyl (C=O) groups is 1. The highest BCUT2D eigenvalue weighted by atomic mass is 16.6. The van der Waals surface area contributed by atoms with Crippen LogP contribution in [0.5, 0.6) is 0 Å². The fourth-order valence-electron chi connectivity index (χ4n) is 2.10. The van der Waals surface area contributed by atoms with Gasteiger partial charge in [0.05, 0.1) is 19.1 Å². The van der Waals surface area contributed by atoms with E-state index >= 15 is 0 Å². The lowest BCUT2D eigenvalue weighted by Gasteiger charge is -2.36. The van der Waals surface area contributed by atoms with Crippen molar-refractivity contribution in [2.45, 2.75) is 32.9 Å². The average Bonchev–Trinajstić information content (AvgIpc) is 2.96. The van der Waals surface area contributed by atoms with Gasteiger partial charge in [0.1, 0.15) is 5.60 Å². The van der Waals surface area contributed by atoms with Gasteiger partial charge in [0, 0.05) is 31.7 Å². The molecule has 1 amide bonds. The summed E-state index contributed by atoms with van der Waals surface area (Å²) in [5.41, 5.74) is 6.51. The van der Waals surface area contributed by atoms with Gasteiger partial charge in [-0.15, -0.1) is 0 Å². The number of amides is 1. The molecular weight excluding hydrogens is 284 g/mol. The van der Waals surface area contributed by atoms with Crippen LogP contribution in [0.2, 0.25) is 0 Å². The minimum Gasteiger partial charge on any atom is -0.472 e. The second kappa shape index (κ2) is 6.72. The van der Waals surface area contributed by atoms with Crippen LogP contribution in [0.3, 0.4) is 0 Å². The standard InChI is InChI=1S/C15H24N4O3/c1-15(2,3)22-14(20)19-7-5-18(6-8-19)13(16)17-10-12-4-9-21-11-12/h4,9,11H,5-8,10H2,1-3H3,(H2,16,17). The Morgan fingerprint density at radius 3 is 2.50 bits per heavy atom. The zero-order valence-electron chi connectivity index (χ0n) is 13.4. The molecule has 0 unspecified atom stereocenters. The van der Waals surface area contributed by atoms with Crippen molar-refractivity contribution in [2.75, 3.05) is 26.2 Å². The SMILES string of the molecule is CC(C)(C)OC(=O)N1CCN(C(N)=NCc2ccoc2)CC1. The molecule has 22 heavy (non-hydrogen) atoms. The number of hydrogen-bond acceptors (Lipinski definition) is 4. The molecule has 0 aromatic carbocycles. The van der Waals surface area contributed by atoms with Crippen molar-refractivity contribution < 1.29 is 13.9 Å². The van der Waals surface area contributed by atoms with Gasteiger partial charge < -0.3 is 24.7 Å². The first-order valence-electron chi connectivity index (χ1n) is 7.39. The van der Waals surface area contributed by atoms with Crippen LogP contribution in [0.25, 0.3) is 0 Å². The van der Waals surface area contributed by atoms with Gasteiger partial charge in [0.15, 0.2) is 5.96 Å². The van der Waals surface area contributed by atoms with E-state index in [2.05, 4.69) is 4.99 Å². The van der Waals surface area contributed by atoms with Crippen LogP contribution >= 0.6 is 0 Å². The first-order chi connectivity index (χ1) is 10.3. The average molecular weight is 308 g/mol. The van der Waals surface area contributed by atoms with E-state index in [9.17, 15) is 4.79 Å². The highest BCUT2D eigenvalue weighted by Crippen LogP contribution is 2.12. The Balaban J connectivity index is 1.81. The monoisotopic (exact) mass is 308 g/mol. The third-order valence-corrected chi connectivity index (χ3v) is 3.26. The summed E-state index contributed by atoms with van der Waals surface area (Å²) in [6, 6.07) is 1.86. The fourth-order valence-corrected chi connectivity index (χ4v) is 2.10. The molecule has 1 aliphatic rings. The van der Waals surface area contributed by atoms with E-state index in [-0.39, 0.29) is 6.09 Å². The van der Waals surface area contributed by atoms with Gasteiger partial charge in [-0.2, -0.15) is 0 Å². The van der Waals surface area contributed by atoms with Gasteiger partial charge >= 0.3 is 6.09 Å². The van der Waals surface area contributed by atoms with Crippen LogP contribution in [0, 0.1) is 0 Å². The number of nitrogens with two attached hydrogens (primary N) is 1. The van der Waals surface area contributed by atoms with Crippen LogP contribution in [0.1, 0.15) is 26.3 Å². The molecule has 0 saturated carbocycles. The minimum atomic E-state index is -0.473. The van der Waals surface area contributed by atoms with E-state index in [0.29, 0.717) is 38.7 Å². The maximum atomic E-state index is 12.0. The van der Waals surface area contributed by atoms with Crippen LogP contribution in [-0.2, 0) is 11.3 Å². The first kappa shape index (κ1) is 16.2. The summed E-state index contributed by atoms with van der Waals surface area (Å²) in [6.45, 7) is 8.55. The predicted octanol–water partition coefficient (Wildman–Crippen LogP) is 1.65. The van der Waals surface area contributed by atoms with Crippen molar-refractivity contribution in [1.82, 2.24) is 9.80 Å². The van der Waals surface area contributed by atoms with Gasteiger partial charge in [-0.25, -0.2) is 9.79 Å². The molecule has 0 aliphatic carbocycles. The largest absolute Gasteiger partial charge is 0.472 e. The van der Waals surface area contributed by atoms with Crippen LogP contribution in [-0.4, -0.2) is 53.6 Å². The number of rotatable bonds is 2. The number of nitrogens with zero attached hydrogens (tertiary/aromatic N) is 3.